The Morgan fingerprint density at radius 1 is 1.37 bits per heavy atom. The zero-order chi connectivity index (χ0) is 19.2. The lowest BCUT2D eigenvalue weighted by molar-refractivity contribution is -0.118. The van der Waals surface area contributed by atoms with Gasteiger partial charge in [-0.2, -0.15) is 16.3 Å². The van der Waals surface area contributed by atoms with Crippen LogP contribution in [0.1, 0.15) is 16.8 Å². The van der Waals surface area contributed by atoms with E-state index in [0.717, 1.165) is 5.75 Å². The highest BCUT2D eigenvalue weighted by molar-refractivity contribution is 7.98. The molecule has 1 aromatic carbocycles. The topological polar surface area (TPSA) is 111 Å². The monoisotopic (exact) mass is 406 g/mol. The molecule has 2 aromatic heterocycles. The van der Waals surface area contributed by atoms with Gasteiger partial charge in [-0.3, -0.25) is 14.9 Å². The van der Waals surface area contributed by atoms with E-state index in [1.54, 1.807) is 36.0 Å². The first-order valence-electron chi connectivity index (χ1n) is 8.03. The van der Waals surface area contributed by atoms with Gasteiger partial charge in [-0.05, 0) is 30.6 Å². The van der Waals surface area contributed by atoms with E-state index in [2.05, 4.69) is 25.9 Å². The fourth-order valence-electron chi connectivity index (χ4n) is 2.38. The zero-order valence-electron chi connectivity index (χ0n) is 14.7. The minimum atomic E-state index is -0.704. The molecule has 9 nitrogen and oxygen atoms in total. The van der Waals surface area contributed by atoms with Crippen LogP contribution in [-0.4, -0.2) is 56.8 Å². The highest BCUT2D eigenvalue weighted by atomic mass is 32.2. The molecule has 2 amide bonds. The molecule has 0 unspecified atom stereocenters. The summed E-state index contributed by atoms with van der Waals surface area (Å²) in [5.41, 5.74) is 0.376. The number of fused-ring (bicyclic) bond motifs is 1. The third-order valence-electron chi connectivity index (χ3n) is 3.70. The fraction of sp³-hybridized carbons (Fsp3) is 0.312. The van der Waals surface area contributed by atoms with Crippen LogP contribution in [0.3, 0.4) is 0 Å². The number of para-hydroxylation sites is 1. The maximum Gasteiger partial charge on any atom is 0.255 e. The second-order valence-electron chi connectivity index (χ2n) is 5.46. The Bertz CT molecular complexity index is 913. The summed E-state index contributed by atoms with van der Waals surface area (Å²) in [6, 6.07) is 6.17. The lowest BCUT2D eigenvalue weighted by Crippen LogP contribution is -2.44. The Kier molecular flexibility index (Phi) is 6.24. The molecule has 0 aliphatic heterocycles. The largest absolute Gasteiger partial charge is 0.496 e. The third-order valence-corrected chi connectivity index (χ3v) is 5.17. The highest BCUT2D eigenvalue weighted by Crippen LogP contribution is 2.19. The number of anilines is 1. The molecule has 0 aliphatic rings. The van der Waals surface area contributed by atoms with Crippen molar-refractivity contribution in [3.63, 3.8) is 0 Å². The number of aromatic nitrogens is 4. The summed E-state index contributed by atoms with van der Waals surface area (Å²) in [5.74, 6) is 0.465. The maximum absolute atomic E-state index is 12.7. The number of carbonyl (C=O) groups excluding carboxylic acids is 2. The van der Waals surface area contributed by atoms with Gasteiger partial charge in [-0.1, -0.05) is 23.5 Å². The van der Waals surface area contributed by atoms with Crippen molar-refractivity contribution >= 4 is 45.0 Å². The van der Waals surface area contributed by atoms with Crippen LogP contribution in [0.5, 0.6) is 5.75 Å². The van der Waals surface area contributed by atoms with Gasteiger partial charge in [-0.15, -0.1) is 15.3 Å². The fourth-order valence-corrected chi connectivity index (χ4v) is 3.57. The van der Waals surface area contributed by atoms with Gasteiger partial charge >= 0.3 is 0 Å². The van der Waals surface area contributed by atoms with E-state index < -0.39 is 6.04 Å². The summed E-state index contributed by atoms with van der Waals surface area (Å²) in [4.78, 5) is 25.9. The predicted molar refractivity (Wildman–Crippen MR) is 105 cm³/mol. The molecule has 1 atom stereocenters. The summed E-state index contributed by atoms with van der Waals surface area (Å²) in [5, 5.41) is 17.7. The van der Waals surface area contributed by atoms with E-state index in [0.29, 0.717) is 27.8 Å². The molecule has 2 heterocycles. The van der Waals surface area contributed by atoms with Gasteiger partial charge in [0.1, 0.15) is 18.1 Å². The average molecular weight is 406 g/mol. The molecule has 0 fully saturated rings. The van der Waals surface area contributed by atoms with Crippen molar-refractivity contribution in [2.45, 2.75) is 12.5 Å². The minimum absolute atomic E-state index is 0.336. The van der Waals surface area contributed by atoms with Gasteiger partial charge in [0.25, 0.3) is 5.91 Å². The summed E-state index contributed by atoms with van der Waals surface area (Å²) in [6.07, 6.45) is 3.88. The molecular weight excluding hydrogens is 388 g/mol. The minimum Gasteiger partial charge on any atom is -0.496 e. The summed E-state index contributed by atoms with van der Waals surface area (Å²) < 4.78 is 6.70. The van der Waals surface area contributed by atoms with Crippen molar-refractivity contribution in [2.24, 2.45) is 0 Å². The predicted octanol–water partition coefficient (Wildman–Crippen LogP) is 1.68. The van der Waals surface area contributed by atoms with Crippen LogP contribution in [0.25, 0.3) is 4.96 Å². The first-order valence-corrected chi connectivity index (χ1v) is 10.2. The summed E-state index contributed by atoms with van der Waals surface area (Å²) in [7, 11) is 1.50. The highest BCUT2D eigenvalue weighted by Gasteiger charge is 2.23. The molecule has 0 spiro atoms. The quantitative estimate of drug-likeness (QED) is 0.585. The number of hydrogen-bond donors (Lipinski definition) is 2. The second kappa shape index (κ2) is 8.82. The lowest BCUT2D eigenvalue weighted by atomic mass is 10.1. The molecular formula is C16H18N6O3S2. The van der Waals surface area contributed by atoms with E-state index in [1.807, 2.05) is 6.26 Å². The Hall–Kier alpha value is -2.66. The van der Waals surface area contributed by atoms with Crippen LogP contribution in [0, 0.1) is 0 Å². The Morgan fingerprint density at radius 2 is 2.19 bits per heavy atom. The van der Waals surface area contributed by atoms with Crippen molar-refractivity contribution in [3.05, 3.63) is 36.2 Å². The average Bonchev–Trinajstić information content (AvgIpc) is 3.26. The molecule has 0 radical (unpaired) electrons. The maximum atomic E-state index is 12.7. The van der Waals surface area contributed by atoms with Gasteiger partial charge in [0, 0.05) is 0 Å². The molecule has 11 heteroatoms. The van der Waals surface area contributed by atoms with Crippen LogP contribution in [0.15, 0.2) is 30.6 Å². The number of nitrogens with one attached hydrogen (secondary N) is 2. The summed E-state index contributed by atoms with van der Waals surface area (Å²) in [6.45, 7) is 0. The molecule has 3 aromatic rings. The number of carbonyl (C=O) groups is 2. The van der Waals surface area contributed by atoms with Crippen molar-refractivity contribution < 1.29 is 14.3 Å². The van der Waals surface area contributed by atoms with E-state index >= 15 is 0 Å². The number of thioether (sulfide) groups is 1. The number of hydrogen-bond acceptors (Lipinski definition) is 8. The van der Waals surface area contributed by atoms with Crippen LogP contribution in [0.4, 0.5) is 5.13 Å². The Labute approximate surface area is 163 Å². The number of ether oxygens (including phenoxy) is 1. The van der Waals surface area contributed by atoms with Crippen LogP contribution in [0.2, 0.25) is 0 Å². The van der Waals surface area contributed by atoms with E-state index in [-0.39, 0.29) is 11.8 Å². The van der Waals surface area contributed by atoms with Gasteiger partial charge in [0.2, 0.25) is 16.0 Å². The van der Waals surface area contributed by atoms with Crippen LogP contribution >= 0.6 is 23.1 Å². The number of rotatable bonds is 8. The molecule has 142 valence electrons. The van der Waals surface area contributed by atoms with Crippen molar-refractivity contribution in [1.29, 1.82) is 0 Å². The molecule has 0 aliphatic carbocycles. The molecule has 0 bridgehead atoms. The van der Waals surface area contributed by atoms with Crippen LogP contribution < -0.4 is 15.4 Å². The number of amides is 2. The van der Waals surface area contributed by atoms with Gasteiger partial charge < -0.3 is 10.1 Å². The molecule has 27 heavy (non-hydrogen) atoms. The molecule has 3 rings (SSSR count). The van der Waals surface area contributed by atoms with Gasteiger partial charge in [-0.25, -0.2) is 0 Å². The van der Waals surface area contributed by atoms with Gasteiger partial charge in [0.05, 0.1) is 12.7 Å². The Morgan fingerprint density at radius 3 is 2.93 bits per heavy atom. The number of nitrogens with zero attached hydrogens (tertiary/aromatic N) is 4. The smallest absolute Gasteiger partial charge is 0.255 e. The van der Waals surface area contributed by atoms with E-state index in [9.17, 15) is 9.59 Å². The first kappa shape index (κ1) is 19.1. The van der Waals surface area contributed by atoms with E-state index in [4.69, 9.17) is 4.74 Å². The molecule has 2 N–H and O–H groups in total. The zero-order valence-corrected chi connectivity index (χ0v) is 16.3. The number of methoxy groups -OCH3 is 1. The van der Waals surface area contributed by atoms with Crippen molar-refractivity contribution in [2.75, 3.05) is 24.4 Å². The van der Waals surface area contributed by atoms with Crippen molar-refractivity contribution in [1.82, 2.24) is 25.1 Å². The molecule has 0 saturated heterocycles. The normalized spacial score (nSPS) is 11.9. The van der Waals surface area contributed by atoms with Gasteiger partial charge in [0.15, 0.2) is 0 Å². The second-order valence-corrected chi connectivity index (χ2v) is 7.40. The van der Waals surface area contributed by atoms with Crippen molar-refractivity contribution in [3.8, 4) is 5.75 Å². The Balaban J connectivity index is 1.73. The molecule has 0 saturated carbocycles. The summed E-state index contributed by atoms with van der Waals surface area (Å²) >= 11 is 2.80. The number of benzene rings is 1. The van der Waals surface area contributed by atoms with E-state index in [1.165, 1.54) is 29.3 Å². The SMILES string of the molecule is COc1ccccc1C(=O)N[C@@H](CCSC)C(=O)Nc1nn2cnnc2s1. The lowest BCUT2D eigenvalue weighted by Gasteiger charge is -2.18. The first-order chi connectivity index (χ1) is 13.1. The van der Waals surface area contributed by atoms with Crippen LogP contribution in [-0.2, 0) is 4.79 Å². The third kappa shape index (κ3) is 4.55. The standard InChI is InChI=1S/C16H18N6O3S2/c1-25-12-6-4-3-5-10(12)13(23)18-11(7-8-26-2)14(24)19-15-21-22-9-17-20-16(22)27-15/h3-6,9,11H,7-8H2,1-2H3,(H,18,23)(H,19,21,24)/t11-/m0/s1.